The molecule has 0 unspecified atom stereocenters. The number of nitrogens with zero attached hydrogens (tertiary/aromatic N) is 2. The SMILES string of the molecule is Cc1ccc([C@@H]2[C@H](c3ccccn3)NC(=S)N2c2ccc(OC3CCCC3)cc2)o1. The Morgan fingerprint density at radius 2 is 1.87 bits per heavy atom. The summed E-state index contributed by atoms with van der Waals surface area (Å²) < 4.78 is 12.2. The van der Waals surface area contributed by atoms with Crippen LogP contribution in [-0.4, -0.2) is 16.2 Å². The van der Waals surface area contributed by atoms with E-state index in [2.05, 4.69) is 27.3 Å². The number of thiocarbonyl (C=S) groups is 1. The predicted octanol–water partition coefficient (Wildman–Crippen LogP) is 5.48. The van der Waals surface area contributed by atoms with E-state index in [1.54, 1.807) is 0 Å². The summed E-state index contributed by atoms with van der Waals surface area (Å²) in [5, 5.41) is 4.11. The minimum Gasteiger partial charge on any atom is -0.490 e. The molecule has 0 amide bonds. The Hall–Kier alpha value is -2.86. The number of benzene rings is 1. The lowest BCUT2D eigenvalue weighted by atomic mass is 10.0. The second-order valence-corrected chi connectivity index (χ2v) is 8.35. The number of ether oxygens (including phenoxy) is 1. The van der Waals surface area contributed by atoms with Gasteiger partial charge in [0.15, 0.2) is 5.11 Å². The highest BCUT2D eigenvalue weighted by Crippen LogP contribution is 2.42. The molecule has 1 aliphatic carbocycles. The Balaban J connectivity index is 1.46. The summed E-state index contributed by atoms with van der Waals surface area (Å²) >= 11 is 5.75. The van der Waals surface area contributed by atoms with E-state index in [0.717, 1.165) is 41.5 Å². The number of furan rings is 1. The average molecular weight is 420 g/mol. The van der Waals surface area contributed by atoms with Crippen LogP contribution in [0.4, 0.5) is 5.69 Å². The lowest BCUT2D eigenvalue weighted by molar-refractivity contribution is 0.210. The summed E-state index contributed by atoms with van der Waals surface area (Å²) in [4.78, 5) is 6.68. The fourth-order valence-electron chi connectivity index (χ4n) is 4.42. The van der Waals surface area contributed by atoms with Gasteiger partial charge in [0.1, 0.15) is 23.3 Å². The third-order valence-electron chi connectivity index (χ3n) is 5.87. The first-order chi connectivity index (χ1) is 14.7. The van der Waals surface area contributed by atoms with Crippen molar-refractivity contribution in [1.29, 1.82) is 0 Å². The first-order valence-electron chi connectivity index (χ1n) is 10.5. The molecule has 0 bridgehead atoms. The molecule has 2 fully saturated rings. The first kappa shape index (κ1) is 19.1. The second-order valence-electron chi connectivity index (χ2n) is 7.96. The molecule has 30 heavy (non-hydrogen) atoms. The van der Waals surface area contributed by atoms with Crippen molar-refractivity contribution in [2.24, 2.45) is 0 Å². The zero-order valence-electron chi connectivity index (χ0n) is 17.0. The van der Waals surface area contributed by atoms with Crippen molar-refractivity contribution in [1.82, 2.24) is 10.3 Å². The molecule has 6 heteroatoms. The summed E-state index contributed by atoms with van der Waals surface area (Å²) in [7, 11) is 0. The highest BCUT2D eigenvalue weighted by molar-refractivity contribution is 7.80. The molecule has 5 nitrogen and oxygen atoms in total. The molecule has 1 aromatic carbocycles. The molecule has 1 saturated heterocycles. The number of aromatic nitrogens is 1. The van der Waals surface area contributed by atoms with Crippen molar-refractivity contribution in [2.45, 2.75) is 50.8 Å². The van der Waals surface area contributed by atoms with Gasteiger partial charge in [-0.15, -0.1) is 0 Å². The molecular formula is C24H25N3O2S. The smallest absolute Gasteiger partial charge is 0.174 e. The minimum atomic E-state index is -0.122. The van der Waals surface area contributed by atoms with Crippen molar-refractivity contribution in [3.05, 3.63) is 78.0 Å². The Labute approximate surface area is 182 Å². The molecule has 154 valence electrons. The monoisotopic (exact) mass is 419 g/mol. The van der Waals surface area contributed by atoms with E-state index < -0.39 is 0 Å². The number of nitrogens with one attached hydrogen (secondary N) is 1. The van der Waals surface area contributed by atoms with Crippen LogP contribution in [-0.2, 0) is 0 Å². The van der Waals surface area contributed by atoms with Crippen LogP contribution in [0.3, 0.4) is 0 Å². The number of hydrogen-bond donors (Lipinski definition) is 1. The van der Waals surface area contributed by atoms with Gasteiger partial charge in [-0.25, -0.2) is 0 Å². The molecule has 1 N–H and O–H groups in total. The maximum atomic E-state index is 6.13. The summed E-state index contributed by atoms with van der Waals surface area (Å²) in [6.45, 7) is 1.96. The van der Waals surface area contributed by atoms with Crippen molar-refractivity contribution < 1.29 is 9.15 Å². The van der Waals surface area contributed by atoms with E-state index in [1.165, 1.54) is 12.8 Å². The molecule has 2 atom stereocenters. The van der Waals surface area contributed by atoms with E-state index in [0.29, 0.717) is 11.2 Å². The molecule has 0 radical (unpaired) electrons. The lowest BCUT2D eigenvalue weighted by Gasteiger charge is -2.26. The highest BCUT2D eigenvalue weighted by Gasteiger charge is 2.42. The zero-order valence-corrected chi connectivity index (χ0v) is 17.8. The van der Waals surface area contributed by atoms with Crippen molar-refractivity contribution in [2.75, 3.05) is 4.90 Å². The largest absolute Gasteiger partial charge is 0.490 e. The lowest BCUT2D eigenvalue weighted by Crippen LogP contribution is -2.29. The molecule has 0 spiro atoms. The number of rotatable bonds is 5. The van der Waals surface area contributed by atoms with E-state index in [1.807, 2.05) is 55.6 Å². The van der Waals surface area contributed by atoms with Gasteiger partial charge < -0.3 is 19.4 Å². The number of hydrogen-bond acceptors (Lipinski definition) is 4. The van der Waals surface area contributed by atoms with Crippen molar-refractivity contribution >= 4 is 23.0 Å². The van der Waals surface area contributed by atoms with Crippen LogP contribution in [0.5, 0.6) is 5.75 Å². The van der Waals surface area contributed by atoms with Crippen LogP contribution >= 0.6 is 12.2 Å². The van der Waals surface area contributed by atoms with Gasteiger partial charge in [0, 0.05) is 11.9 Å². The molecule has 3 aromatic rings. The van der Waals surface area contributed by atoms with Gasteiger partial charge in [-0.2, -0.15) is 0 Å². The van der Waals surface area contributed by atoms with Crippen LogP contribution < -0.4 is 15.0 Å². The summed E-state index contributed by atoms with van der Waals surface area (Å²) in [5.74, 6) is 2.65. The first-order valence-corrected chi connectivity index (χ1v) is 10.9. The van der Waals surface area contributed by atoms with Crippen LogP contribution in [0.2, 0.25) is 0 Å². The third kappa shape index (κ3) is 3.67. The number of aryl methyl sites for hydroxylation is 1. The van der Waals surface area contributed by atoms with E-state index in [4.69, 9.17) is 21.4 Å². The normalized spacial score (nSPS) is 21.8. The van der Waals surface area contributed by atoms with Crippen molar-refractivity contribution in [3.8, 4) is 5.75 Å². The van der Waals surface area contributed by atoms with Gasteiger partial charge in [0.25, 0.3) is 0 Å². The van der Waals surface area contributed by atoms with E-state index in [-0.39, 0.29) is 12.1 Å². The quantitative estimate of drug-likeness (QED) is 0.553. The van der Waals surface area contributed by atoms with Gasteiger partial charge >= 0.3 is 0 Å². The fourth-order valence-corrected chi connectivity index (χ4v) is 4.76. The highest BCUT2D eigenvalue weighted by atomic mass is 32.1. The third-order valence-corrected chi connectivity index (χ3v) is 6.19. The maximum absolute atomic E-state index is 6.13. The average Bonchev–Trinajstić information content (AvgIpc) is 3.50. The summed E-state index contributed by atoms with van der Waals surface area (Å²) in [6, 6.07) is 17.9. The number of pyridine rings is 1. The van der Waals surface area contributed by atoms with Gasteiger partial charge in [0.05, 0.1) is 17.8 Å². The Morgan fingerprint density at radius 3 is 2.53 bits per heavy atom. The Kier molecular flexibility index (Phi) is 5.17. The maximum Gasteiger partial charge on any atom is 0.174 e. The Bertz CT molecular complexity index is 1010. The second kappa shape index (κ2) is 8.11. The van der Waals surface area contributed by atoms with Crippen LogP contribution in [0.15, 0.2) is 65.2 Å². The predicted molar refractivity (Wildman–Crippen MR) is 121 cm³/mol. The molecule has 1 saturated carbocycles. The molecule has 1 aliphatic heterocycles. The van der Waals surface area contributed by atoms with E-state index in [9.17, 15) is 0 Å². The van der Waals surface area contributed by atoms with Gasteiger partial charge in [-0.05, 0) is 93.4 Å². The molecule has 2 aromatic heterocycles. The van der Waals surface area contributed by atoms with Crippen LogP contribution in [0.25, 0.3) is 0 Å². The Morgan fingerprint density at radius 1 is 1.07 bits per heavy atom. The van der Waals surface area contributed by atoms with Crippen molar-refractivity contribution in [3.63, 3.8) is 0 Å². The number of anilines is 1. The van der Waals surface area contributed by atoms with Gasteiger partial charge in [-0.3, -0.25) is 4.98 Å². The molecule has 5 rings (SSSR count). The topological polar surface area (TPSA) is 50.5 Å². The summed E-state index contributed by atoms with van der Waals surface area (Å²) in [5.41, 5.74) is 1.94. The zero-order chi connectivity index (χ0) is 20.5. The van der Waals surface area contributed by atoms with Gasteiger partial charge in [-0.1, -0.05) is 6.07 Å². The standard InChI is InChI=1S/C24H25N3O2S/c1-16-9-14-21(28-16)23-22(20-8-4-5-15-25-20)26-24(30)27(23)17-10-12-19(13-11-17)29-18-6-2-3-7-18/h4-5,8-15,18,22-23H,2-3,6-7H2,1H3,(H,26,30)/t22-,23+/m0/s1. The van der Waals surface area contributed by atoms with Crippen LogP contribution in [0, 0.1) is 6.92 Å². The molecule has 3 heterocycles. The molecular weight excluding hydrogens is 394 g/mol. The fraction of sp³-hybridized carbons (Fsp3) is 0.333. The minimum absolute atomic E-state index is 0.0985. The van der Waals surface area contributed by atoms with Gasteiger partial charge in [0.2, 0.25) is 0 Å². The summed E-state index contributed by atoms with van der Waals surface area (Å²) in [6.07, 6.45) is 6.96. The van der Waals surface area contributed by atoms with Crippen LogP contribution in [0.1, 0.15) is 55.0 Å². The molecule has 2 aliphatic rings. The van der Waals surface area contributed by atoms with E-state index >= 15 is 0 Å².